The van der Waals surface area contributed by atoms with Gasteiger partial charge in [0.05, 0.1) is 16.7 Å². The van der Waals surface area contributed by atoms with E-state index in [0.717, 1.165) is 71.9 Å². The van der Waals surface area contributed by atoms with E-state index < -0.39 is 0 Å². The molecule has 0 bridgehead atoms. The maximum absolute atomic E-state index is 6.09. The first-order valence-corrected chi connectivity index (χ1v) is 12.4. The van der Waals surface area contributed by atoms with Crippen LogP contribution in [0.3, 0.4) is 0 Å². The molecule has 8 heteroatoms. The Balaban J connectivity index is 1.10. The molecule has 0 atom stereocenters. The Morgan fingerprint density at radius 2 is 1.71 bits per heavy atom. The summed E-state index contributed by atoms with van der Waals surface area (Å²) in [5.74, 6) is 1.76. The Bertz CT molecular complexity index is 1540. The van der Waals surface area contributed by atoms with E-state index in [-0.39, 0.29) is 0 Å². The molecular formula is C27H28N6OS. The van der Waals surface area contributed by atoms with Gasteiger partial charge in [-0.2, -0.15) is 0 Å². The number of para-hydroxylation sites is 2. The van der Waals surface area contributed by atoms with Gasteiger partial charge in [0, 0.05) is 38.3 Å². The van der Waals surface area contributed by atoms with Crippen LogP contribution in [0.15, 0.2) is 60.7 Å². The third kappa shape index (κ3) is 4.42. The Kier molecular flexibility index (Phi) is 5.75. The molecule has 0 unspecified atom stereocenters. The van der Waals surface area contributed by atoms with Gasteiger partial charge in [0.15, 0.2) is 4.77 Å². The molecule has 1 saturated heterocycles. The van der Waals surface area contributed by atoms with Gasteiger partial charge in [-0.05, 0) is 49.5 Å². The van der Waals surface area contributed by atoms with Crippen molar-refractivity contribution in [2.45, 2.75) is 6.92 Å². The molecule has 1 aliphatic heterocycles. The second-order valence-corrected chi connectivity index (χ2v) is 9.47. The van der Waals surface area contributed by atoms with Gasteiger partial charge < -0.3 is 24.6 Å². The van der Waals surface area contributed by atoms with Crippen molar-refractivity contribution in [2.24, 2.45) is 0 Å². The number of nitrogens with one attached hydrogen (secondary N) is 3. The first kappa shape index (κ1) is 21.9. The van der Waals surface area contributed by atoms with E-state index >= 15 is 0 Å². The van der Waals surface area contributed by atoms with Crippen LogP contribution in [0.1, 0.15) is 5.56 Å². The summed E-state index contributed by atoms with van der Waals surface area (Å²) < 4.78 is 6.71. The Morgan fingerprint density at radius 3 is 2.57 bits per heavy atom. The minimum Gasteiger partial charge on any atom is -0.490 e. The Hall–Kier alpha value is -3.62. The van der Waals surface area contributed by atoms with Crippen molar-refractivity contribution in [3.05, 3.63) is 71.0 Å². The molecule has 3 N–H and O–H groups in total. The summed E-state index contributed by atoms with van der Waals surface area (Å²) in [4.78, 5) is 19.7. The summed E-state index contributed by atoms with van der Waals surface area (Å²) in [6.45, 7) is 7.55. The zero-order chi connectivity index (χ0) is 23.8. The van der Waals surface area contributed by atoms with Gasteiger partial charge in [-0.1, -0.05) is 35.9 Å². The van der Waals surface area contributed by atoms with Crippen LogP contribution in [0.4, 0.5) is 5.69 Å². The average Bonchev–Trinajstić information content (AvgIpc) is 3.48. The third-order valence-electron chi connectivity index (χ3n) is 6.67. The van der Waals surface area contributed by atoms with Crippen LogP contribution in [0, 0.1) is 11.7 Å². The molecule has 3 aromatic carbocycles. The van der Waals surface area contributed by atoms with Crippen molar-refractivity contribution in [3.63, 3.8) is 0 Å². The Labute approximate surface area is 208 Å². The maximum Gasteiger partial charge on any atom is 0.175 e. The summed E-state index contributed by atoms with van der Waals surface area (Å²) in [6.07, 6.45) is 0. The largest absolute Gasteiger partial charge is 0.490 e. The first-order chi connectivity index (χ1) is 17.1. The predicted molar refractivity (Wildman–Crippen MR) is 144 cm³/mol. The molecule has 1 fully saturated rings. The summed E-state index contributed by atoms with van der Waals surface area (Å²) in [5.41, 5.74) is 7.57. The SMILES string of the molecule is Cc1cccc(-c2nc3c(N4CCN(CCOc5cccc6[nH]c(=S)[nH]c56)CC4)cccc3[nH]2)c1. The van der Waals surface area contributed by atoms with Gasteiger partial charge in [0.2, 0.25) is 0 Å². The minimum absolute atomic E-state index is 0.616. The number of benzene rings is 3. The van der Waals surface area contributed by atoms with E-state index in [2.05, 4.69) is 74.1 Å². The number of piperazine rings is 1. The van der Waals surface area contributed by atoms with Crippen LogP contribution in [0.25, 0.3) is 33.5 Å². The fourth-order valence-electron chi connectivity index (χ4n) is 4.85. The van der Waals surface area contributed by atoms with Gasteiger partial charge in [-0.15, -0.1) is 0 Å². The number of anilines is 1. The zero-order valence-electron chi connectivity index (χ0n) is 19.7. The molecule has 2 aromatic heterocycles. The monoisotopic (exact) mass is 484 g/mol. The van der Waals surface area contributed by atoms with Crippen LogP contribution in [0.5, 0.6) is 5.75 Å². The van der Waals surface area contributed by atoms with E-state index in [9.17, 15) is 0 Å². The molecule has 0 spiro atoms. The molecule has 1 aliphatic rings. The van der Waals surface area contributed by atoms with Gasteiger partial charge in [0.1, 0.15) is 29.2 Å². The van der Waals surface area contributed by atoms with Crippen molar-refractivity contribution >= 4 is 40.0 Å². The van der Waals surface area contributed by atoms with Gasteiger partial charge in [-0.25, -0.2) is 4.98 Å². The second kappa shape index (κ2) is 9.20. The fraction of sp³-hybridized carbons (Fsp3) is 0.259. The molecule has 0 saturated carbocycles. The van der Waals surface area contributed by atoms with Crippen molar-refractivity contribution in [1.82, 2.24) is 24.8 Å². The van der Waals surface area contributed by atoms with Crippen LogP contribution in [-0.2, 0) is 0 Å². The number of aromatic amines is 3. The highest BCUT2D eigenvalue weighted by atomic mass is 32.1. The standard InChI is InChI=1S/C27H28N6OS/c1-18-5-2-6-19(17-18)26-28-20-7-3-9-22(24(20)30-26)33-13-11-32(12-14-33)15-16-34-23-10-4-8-21-25(23)31-27(35)29-21/h2-10,17H,11-16H2,1H3,(H,28,30)(H2,29,31,35). The number of rotatable bonds is 6. The lowest BCUT2D eigenvalue weighted by molar-refractivity contribution is 0.201. The molecule has 0 aliphatic carbocycles. The van der Waals surface area contributed by atoms with E-state index in [1.807, 2.05) is 18.2 Å². The van der Waals surface area contributed by atoms with E-state index in [1.54, 1.807) is 0 Å². The number of ether oxygens (including phenoxy) is 1. The fourth-order valence-corrected chi connectivity index (χ4v) is 5.06. The second-order valence-electron chi connectivity index (χ2n) is 9.06. The number of imidazole rings is 2. The lowest BCUT2D eigenvalue weighted by Gasteiger charge is -2.36. The number of nitrogens with zero attached hydrogens (tertiary/aromatic N) is 3. The van der Waals surface area contributed by atoms with Gasteiger partial charge in [0.25, 0.3) is 0 Å². The third-order valence-corrected chi connectivity index (χ3v) is 6.88. The number of hydrogen-bond donors (Lipinski definition) is 3. The number of H-pyrrole nitrogens is 3. The van der Waals surface area contributed by atoms with E-state index in [4.69, 9.17) is 21.9 Å². The molecule has 35 heavy (non-hydrogen) atoms. The zero-order valence-corrected chi connectivity index (χ0v) is 20.5. The lowest BCUT2D eigenvalue weighted by atomic mass is 10.1. The minimum atomic E-state index is 0.616. The molecular weight excluding hydrogens is 456 g/mol. The summed E-state index contributed by atoms with van der Waals surface area (Å²) in [6, 6.07) is 20.8. The van der Waals surface area contributed by atoms with Gasteiger partial charge >= 0.3 is 0 Å². The molecule has 7 nitrogen and oxygen atoms in total. The number of fused-ring (bicyclic) bond motifs is 2. The molecule has 178 valence electrons. The highest BCUT2D eigenvalue weighted by Crippen LogP contribution is 2.29. The van der Waals surface area contributed by atoms with Gasteiger partial charge in [-0.3, -0.25) is 4.90 Å². The number of hydrogen-bond acceptors (Lipinski definition) is 5. The van der Waals surface area contributed by atoms with Crippen molar-refractivity contribution in [2.75, 3.05) is 44.2 Å². The lowest BCUT2D eigenvalue weighted by Crippen LogP contribution is -2.47. The summed E-state index contributed by atoms with van der Waals surface area (Å²) in [5, 5.41) is 0. The summed E-state index contributed by atoms with van der Waals surface area (Å²) >= 11 is 5.21. The smallest absolute Gasteiger partial charge is 0.175 e. The van der Waals surface area contributed by atoms with Crippen molar-refractivity contribution in [3.8, 4) is 17.1 Å². The predicted octanol–water partition coefficient (Wildman–Crippen LogP) is 5.28. The number of aromatic nitrogens is 4. The molecule has 5 aromatic rings. The molecule has 6 rings (SSSR count). The van der Waals surface area contributed by atoms with Crippen LogP contribution in [-0.4, -0.2) is 64.2 Å². The highest BCUT2D eigenvalue weighted by molar-refractivity contribution is 7.71. The highest BCUT2D eigenvalue weighted by Gasteiger charge is 2.20. The van der Waals surface area contributed by atoms with Crippen LogP contribution in [0.2, 0.25) is 0 Å². The van der Waals surface area contributed by atoms with Crippen molar-refractivity contribution < 1.29 is 4.74 Å². The average molecular weight is 485 g/mol. The molecule has 0 amide bonds. The van der Waals surface area contributed by atoms with E-state index in [0.29, 0.717) is 11.4 Å². The molecule has 0 radical (unpaired) electrons. The number of aryl methyl sites for hydroxylation is 1. The maximum atomic E-state index is 6.09. The summed E-state index contributed by atoms with van der Waals surface area (Å²) in [7, 11) is 0. The van der Waals surface area contributed by atoms with Crippen LogP contribution >= 0.6 is 12.2 Å². The van der Waals surface area contributed by atoms with E-state index in [1.165, 1.54) is 11.3 Å². The normalized spacial score (nSPS) is 14.7. The van der Waals surface area contributed by atoms with Crippen LogP contribution < -0.4 is 9.64 Å². The molecule has 3 heterocycles. The van der Waals surface area contributed by atoms with Crippen molar-refractivity contribution in [1.29, 1.82) is 0 Å². The first-order valence-electron chi connectivity index (χ1n) is 12.0. The quantitative estimate of drug-likeness (QED) is 0.286. The Morgan fingerprint density at radius 1 is 0.914 bits per heavy atom. The topological polar surface area (TPSA) is 76.0 Å².